The molecule has 0 spiro atoms. The number of aromatic nitrogens is 3. The smallest absolute Gasteiger partial charge is 0.221 e. The second-order valence-electron chi connectivity index (χ2n) is 14.7. The molecule has 0 aliphatic carbocycles. The molecule has 0 unspecified atom stereocenters. The van der Waals surface area contributed by atoms with Crippen LogP contribution in [0.2, 0.25) is 0 Å². The number of aryl methyl sites for hydroxylation is 6. The van der Waals surface area contributed by atoms with Crippen molar-refractivity contribution in [2.75, 3.05) is 0 Å². The van der Waals surface area contributed by atoms with Crippen LogP contribution in [0.4, 0.5) is 0 Å². The van der Waals surface area contributed by atoms with E-state index in [1.165, 1.54) is 77.3 Å². The zero-order valence-electron chi connectivity index (χ0n) is 30.4. The van der Waals surface area contributed by atoms with E-state index in [1.807, 2.05) is 12.3 Å². The molecule has 7 aromatic rings. The molecule has 0 aliphatic heterocycles. The number of rotatable bonds is 7. The molecule has 3 heterocycles. The predicted molar refractivity (Wildman–Crippen MR) is 211 cm³/mol. The fraction of sp³-hybridized carbons (Fsp3) is 0.213. The normalized spacial score (nSPS) is 11.7. The molecule has 0 amide bonds. The lowest BCUT2D eigenvalue weighted by Crippen LogP contribution is -2.37. The van der Waals surface area contributed by atoms with E-state index in [1.54, 1.807) is 0 Å². The van der Waals surface area contributed by atoms with Crippen LogP contribution in [-0.4, -0.2) is 9.97 Å². The van der Waals surface area contributed by atoms with Gasteiger partial charge in [-0.2, -0.15) is 4.57 Å². The fourth-order valence-corrected chi connectivity index (χ4v) is 7.51. The minimum Gasteiger partial charge on any atom is -0.258 e. The first-order valence-corrected chi connectivity index (χ1v) is 17.6. The van der Waals surface area contributed by atoms with Crippen molar-refractivity contribution in [2.24, 2.45) is 0 Å². The lowest BCUT2D eigenvalue weighted by molar-refractivity contribution is -0.684. The third-order valence-electron chi connectivity index (χ3n) is 10.1. The van der Waals surface area contributed by atoms with Crippen molar-refractivity contribution < 1.29 is 4.57 Å². The fourth-order valence-electron chi connectivity index (χ4n) is 7.51. The van der Waals surface area contributed by atoms with E-state index in [4.69, 9.17) is 9.97 Å². The van der Waals surface area contributed by atoms with Crippen LogP contribution in [0, 0.1) is 27.7 Å². The first kappa shape index (κ1) is 33.1. The van der Waals surface area contributed by atoms with Gasteiger partial charge in [0.1, 0.15) is 0 Å². The highest BCUT2D eigenvalue weighted by molar-refractivity contribution is 6.11. The molecule has 4 aromatic carbocycles. The first-order valence-electron chi connectivity index (χ1n) is 17.6. The lowest BCUT2D eigenvalue weighted by Gasteiger charge is -2.20. The van der Waals surface area contributed by atoms with E-state index in [-0.39, 0.29) is 5.41 Å². The van der Waals surface area contributed by atoms with E-state index in [0.29, 0.717) is 0 Å². The Hall–Kier alpha value is -5.41. The molecular weight excluding hydrogens is 607 g/mol. The second-order valence-corrected chi connectivity index (χ2v) is 14.7. The van der Waals surface area contributed by atoms with Gasteiger partial charge in [0.15, 0.2) is 12.7 Å². The van der Waals surface area contributed by atoms with Gasteiger partial charge in [0.05, 0.1) is 16.6 Å². The van der Waals surface area contributed by atoms with Gasteiger partial charge >= 0.3 is 0 Å². The molecule has 0 saturated carbocycles. The average Bonchev–Trinajstić information content (AvgIpc) is 3.10. The molecule has 7 rings (SSSR count). The maximum Gasteiger partial charge on any atom is 0.221 e. The van der Waals surface area contributed by atoms with Crippen LogP contribution in [-0.2, 0) is 18.4 Å². The minimum atomic E-state index is 0.0247. The van der Waals surface area contributed by atoms with E-state index in [0.717, 1.165) is 30.0 Å². The molecule has 3 aromatic heterocycles. The Bertz CT molecular complexity index is 2410. The van der Waals surface area contributed by atoms with Gasteiger partial charge < -0.3 is 0 Å². The molecule has 0 radical (unpaired) electrons. The van der Waals surface area contributed by atoms with Gasteiger partial charge in [-0.3, -0.25) is 9.97 Å². The quantitative estimate of drug-likeness (QED) is 0.127. The first-order chi connectivity index (χ1) is 24.0. The molecule has 3 heteroatoms. The maximum atomic E-state index is 4.94. The number of hydrogen-bond donors (Lipinski definition) is 0. The second kappa shape index (κ2) is 13.1. The van der Waals surface area contributed by atoms with Crippen LogP contribution in [0.3, 0.4) is 0 Å². The van der Waals surface area contributed by atoms with Crippen molar-refractivity contribution in [1.29, 1.82) is 0 Å². The molecule has 0 saturated heterocycles. The van der Waals surface area contributed by atoms with E-state index in [9.17, 15) is 0 Å². The summed E-state index contributed by atoms with van der Waals surface area (Å²) in [4.78, 5) is 9.72. The Morgan fingerprint density at radius 1 is 0.720 bits per heavy atom. The molecule has 0 bridgehead atoms. The van der Waals surface area contributed by atoms with Gasteiger partial charge in [-0.05, 0) is 114 Å². The summed E-state index contributed by atoms with van der Waals surface area (Å²) in [5.74, 6) is 0. The highest BCUT2D eigenvalue weighted by Gasteiger charge is 2.24. The molecule has 0 atom stereocenters. The standard InChI is InChI=1S/C47H46N3/c1-9-38-31(3)25-30(2)26-44(38)46-41-18-17-39-33(5)49-32(4)27-43(39)40(41)21-24-50(46)23-20-35-15-16-36(34-13-11-10-12-14-34)28-42(35)45-29-37(19-22-48-45)47(6,7)8/h9-19,21-22,24-29H,1,20,23H2,2-8H3/q+1. The highest BCUT2D eigenvalue weighted by Crippen LogP contribution is 2.36. The number of nitrogens with zero attached hydrogens (tertiary/aromatic N) is 3. The summed E-state index contributed by atoms with van der Waals surface area (Å²) in [6.45, 7) is 20.4. The van der Waals surface area contributed by atoms with Crippen molar-refractivity contribution in [2.45, 2.75) is 66.8 Å². The number of hydrogen-bond acceptors (Lipinski definition) is 2. The van der Waals surface area contributed by atoms with E-state index in [2.05, 4.69) is 163 Å². The molecule has 0 N–H and O–H groups in total. The van der Waals surface area contributed by atoms with E-state index < -0.39 is 0 Å². The average molecular weight is 653 g/mol. The third-order valence-corrected chi connectivity index (χ3v) is 10.1. The maximum absolute atomic E-state index is 4.94. The number of pyridine rings is 3. The summed E-state index contributed by atoms with van der Waals surface area (Å²) in [5.41, 5.74) is 15.4. The van der Waals surface area contributed by atoms with Crippen LogP contribution in [0.5, 0.6) is 0 Å². The van der Waals surface area contributed by atoms with E-state index >= 15 is 0 Å². The van der Waals surface area contributed by atoms with Gasteiger partial charge in [0.25, 0.3) is 0 Å². The van der Waals surface area contributed by atoms with Gasteiger partial charge in [0, 0.05) is 46.4 Å². The predicted octanol–water partition coefficient (Wildman–Crippen LogP) is 11.5. The molecule has 0 aliphatic rings. The summed E-state index contributed by atoms with van der Waals surface area (Å²) < 4.78 is 2.45. The largest absolute Gasteiger partial charge is 0.258 e. The summed E-state index contributed by atoms with van der Waals surface area (Å²) >= 11 is 0. The number of benzene rings is 4. The van der Waals surface area contributed by atoms with Crippen LogP contribution in [0.25, 0.3) is 61.3 Å². The highest BCUT2D eigenvalue weighted by atomic mass is 15.0. The Labute approximate surface area is 297 Å². The molecule has 248 valence electrons. The molecule has 50 heavy (non-hydrogen) atoms. The topological polar surface area (TPSA) is 29.7 Å². The van der Waals surface area contributed by atoms with Gasteiger partial charge in [0.2, 0.25) is 5.69 Å². The molecular formula is C47H46N3+. The third kappa shape index (κ3) is 6.25. The van der Waals surface area contributed by atoms with Crippen LogP contribution in [0.15, 0.2) is 116 Å². The summed E-state index contributed by atoms with van der Waals surface area (Å²) in [6.07, 6.45) is 7.11. The SMILES string of the molecule is C=Cc1c(C)cc(C)cc1-c1c2ccc3c(C)nc(C)cc3c2cc[n+]1CCc1ccc(-c2ccccc2)cc1-c1cc(C(C)(C)C)ccn1. The van der Waals surface area contributed by atoms with Gasteiger partial charge in [-0.25, -0.2) is 0 Å². The van der Waals surface area contributed by atoms with Gasteiger partial charge in [-0.1, -0.05) is 88.0 Å². The lowest BCUT2D eigenvalue weighted by atomic mass is 9.86. The van der Waals surface area contributed by atoms with Crippen molar-refractivity contribution in [3.63, 3.8) is 0 Å². The van der Waals surface area contributed by atoms with Crippen molar-refractivity contribution in [3.8, 4) is 33.6 Å². The number of fused-ring (bicyclic) bond motifs is 3. The Morgan fingerprint density at radius 2 is 1.50 bits per heavy atom. The zero-order chi connectivity index (χ0) is 35.2. The summed E-state index contributed by atoms with van der Waals surface area (Å²) in [6, 6.07) is 35.6. The van der Waals surface area contributed by atoms with Crippen molar-refractivity contribution in [3.05, 3.63) is 155 Å². The Morgan fingerprint density at radius 3 is 2.26 bits per heavy atom. The van der Waals surface area contributed by atoms with Gasteiger partial charge in [-0.15, -0.1) is 0 Å². The Balaban J connectivity index is 1.41. The Kier molecular flexibility index (Phi) is 8.70. The van der Waals surface area contributed by atoms with Crippen molar-refractivity contribution >= 4 is 27.6 Å². The van der Waals surface area contributed by atoms with Crippen LogP contribution >= 0.6 is 0 Å². The minimum absolute atomic E-state index is 0.0247. The van der Waals surface area contributed by atoms with Crippen LogP contribution in [0.1, 0.15) is 60.0 Å². The summed E-state index contributed by atoms with van der Waals surface area (Å²) in [7, 11) is 0. The monoisotopic (exact) mass is 652 g/mol. The van der Waals surface area contributed by atoms with Crippen molar-refractivity contribution in [1.82, 2.24) is 9.97 Å². The van der Waals surface area contributed by atoms with Crippen LogP contribution < -0.4 is 4.57 Å². The summed E-state index contributed by atoms with van der Waals surface area (Å²) in [5, 5.41) is 4.92. The zero-order valence-corrected chi connectivity index (χ0v) is 30.4. The molecule has 3 nitrogen and oxygen atoms in total. The molecule has 0 fully saturated rings.